The van der Waals surface area contributed by atoms with Gasteiger partial charge in [-0.1, -0.05) is 0 Å². The second-order valence-electron chi connectivity index (χ2n) is 2.15. The van der Waals surface area contributed by atoms with Crippen LogP contribution in [0, 0.1) is 0 Å². The van der Waals surface area contributed by atoms with Gasteiger partial charge in [0.15, 0.2) is 0 Å². The predicted octanol–water partition coefficient (Wildman–Crippen LogP) is -1.84. The van der Waals surface area contributed by atoms with Crippen LogP contribution in [-0.2, 0) is 4.79 Å². The summed E-state index contributed by atoms with van der Waals surface area (Å²) in [6, 6.07) is 0. The summed E-state index contributed by atoms with van der Waals surface area (Å²) in [6.07, 6.45) is 2.68. The van der Waals surface area contributed by atoms with Crippen molar-refractivity contribution in [2.24, 2.45) is 0 Å². The quantitative estimate of drug-likeness (QED) is 0.405. The number of hydrazine groups is 1. The standard InChI is InChI=1S/C6H8N4O3/c11-3-5(12)9-10-6(13)4-1-7-8-2-4/h1-2,11H,3H2,(H,7,8)(H,9,12)(H,10,13). The third-order valence-electron chi connectivity index (χ3n) is 1.22. The van der Waals surface area contributed by atoms with Crippen molar-refractivity contribution in [3.05, 3.63) is 18.0 Å². The normalized spacial score (nSPS) is 9.31. The Kier molecular flexibility index (Phi) is 2.98. The molecular weight excluding hydrogens is 176 g/mol. The van der Waals surface area contributed by atoms with E-state index in [4.69, 9.17) is 5.11 Å². The number of nitrogens with zero attached hydrogens (tertiary/aromatic N) is 1. The van der Waals surface area contributed by atoms with E-state index in [1.54, 1.807) is 0 Å². The van der Waals surface area contributed by atoms with E-state index < -0.39 is 18.4 Å². The molecule has 0 spiro atoms. The van der Waals surface area contributed by atoms with Gasteiger partial charge in [0.05, 0.1) is 11.8 Å². The van der Waals surface area contributed by atoms with Gasteiger partial charge < -0.3 is 5.11 Å². The van der Waals surface area contributed by atoms with Crippen molar-refractivity contribution in [3.63, 3.8) is 0 Å². The van der Waals surface area contributed by atoms with Crippen molar-refractivity contribution in [1.29, 1.82) is 0 Å². The zero-order valence-corrected chi connectivity index (χ0v) is 6.57. The Morgan fingerprint density at radius 1 is 1.54 bits per heavy atom. The number of nitrogens with one attached hydrogen (secondary N) is 3. The Labute approximate surface area is 73.1 Å². The number of hydrogen-bond acceptors (Lipinski definition) is 4. The van der Waals surface area contributed by atoms with Crippen LogP contribution in [0.1, 0.15) is 10.4 Å². The number of aromatic amines is 1. The minimum atomic E-state index is -0.683. The molecule has 0 saturated carbocycles. The van der Waals surface area contributed by atoms with Gasteiger partial charge in [0, 0.05) is 6.20 Å². The maximum absolute atomic E-state index is 11.1. The first kappa shape index (κ1) is 9.20. The fourth-order valence-corrected chi connectivity index (χ4v) is 0.613. The summed E-state index contributed by atoms with van der Waals surface area (Å²) in [7, 11) is 0. The van der Waals surface area contributed by atoms with Crippen LogP contribution in [0.5, 0.6) is 0 Å². The van der Waals surface area contributed by atoms with Gasteiger partial charge in [-0.15, -0.1) is 0 Å². The van der Waals surface area contributed by atoms with Crippen LogP contribution in [0.2, 0.25) is 0 Å². The zero-order valence-electron chi connectivity index (χ0n) is 6.57. The third kappa shape index (κ3) is 2.56. The molecule has 0 aliphatic carbocycles. The van der Waals surface area contributed by atoms with Gasteiger partial charge in [0.1, 0.15) is 6.61 Å². The van der Waals surface area contributed by atoms with Crippen LogP contribution in [0.25, 0.3) is 0 Å². The molecule has 0 saturated heterocycles. The Bertz CT molecular complexity index is 295. The van der Waals surface area contributed by atoms with Crippen molar-refractivity contribution < 1.29 is 14.7 Å². The Morgan fingerprint density at radius 2 is 2.31 bits per heavy atom. The maximum Gasteiger partial charge on any atom is 0.272 e. The highest BCUT2D eigenvalue weighted by atomic mass is 16.3. The first-order valence-electron chi connectivity index (χ1n) is 3.43. The molecule has 0 aliphatic rings. The number of rotatable bonds is 2. The monoisotopic (exact) mass is 184 g/mol. The van der Waals surface area contributed by atoms with Crippen LogP contribution < -0.4 is 10.9 Å². The second kappa shape index (κ2) is 4.21. The Morgan fingerprint density at radius 3 is 2.85 bits per heavy atom. The molecule has 0 radical (unpaired) electrons. The largest absolute Gasteiger partial charge is 0.386 e. The molecule has 0 bridgehead atoms. The topological polar surface area (TPSA) is 107 Å². The highest BCUT2D eigenvalue weighted by Gasteiger charge is 2.06. The second-order valence-corrected chi connectivity index (χ2v) is 2.15. The predicted molar refractivity (Wildman–Crippen MR) is 41.3 cm³/mol. The fraction of sp³-hybridized carbons (Fsp3) is 0.167. The first-order valence-corrected chi connectivity index (χ1v) is 3.43. The molecule has 1 rings (SSSR count). The molecule has 7 nitrogen and oxygen atoms in total. The highest BCUT2D eigenvalue weighted by Crippen LogP contribution is 1.90. The summed E-state index contributed by atoms with van der Waals surface area (Å²) in [5.41, 5.74) is 4.36. The number of aromatic nitrogens is 2. The summed E-state index contributed by atoms with van der Waals surface area (Å²) in [5, 5.41) is 14.3. The third-order valence-corrected chi connectivity index (χ3v) is 1.22. The van der Waals surface area contributed by atoms with Gasteiger partial charge in [0.25, 0.3) is 11.8 Å². The minimum Gasteiger partial charge on any atom is -0.386 e. The summed E-state index contributed by atoms with van der Waals surface area (Å²) >= 11 is 0. The summed E-state index contributed by atoms with van der Waals surface area (Å²) in [6.45, 7) is -0.675. The van der Waals surface area contributed by atoms with Crippen molar-refractivity contribution >= 4 is 11.8 Å². The number of aliphatic hydroxyl groups is 1. The van der Waals surface area contributed by atoms with E-state index in [-0.39, 0.29) is 0 Å². The lowest BCUT2D eigenvalue weighted by Gasteiger charge is -2.02. The van der Waals surface area contributed by atoms with E-state index >= 15 is 0 Å². The van der Waals surface area contributed by atoms with E-state index in [2.05, 4.69) is 15.6 Å². The molecule has 7 heteroatoms. The lowest BCUT2D eigenvalue weighted by atomic mass is 10.3. The number of hydrogen-bond donors (Lipinski definition) is 4. The van der Waals surface area contributed by atoms with Gasteiger partial charge >= 0.3 is 0 Å². The molecule has 4 N–H and O–H groups in total. The minimum absolute atomic E-state index is 0.290. The Balaban J connectivity index is 2.39. The molecule has 0 aromatic carbocycles. The smallest absolute Gasteiger partial charge is 0.272 e. The summed E-state index contributed by atoms with van der Waals surface area (Å²) < 4.78 is 0. The molecule has 0 atom stereocenters. The molecule has 13 heavy (non-hydrogen) atoms. The van der Waals surface area contributed by atoms with E-state index in [0.717, 1.165) is 0 Å². The molecule has 1 aromatic rings. The van der Waals surface area contributed by atoms with Gasteiger partial charge in [-0.05, 0) is 0 Å². The van der Waals surface area contributed by atoms with E-state index in [1.807, 2.05) is 5.43 Å². The number of aliphatic hydroxyl groups excluding tert-OH is 1. The van der Waals surface area contributed by atoms with Crippen molar-refractivity contribution in [2.45, 2.75) is 0 Å². The van der Waals surface area contributed by atoms with Crippen molar-refractivity contribution in [2.75, 3.05) is 6.61 Å². The number of amides is 2. The van der Waals surface area contributed by atoms with Crippen LogP contribution in [0.3, 0.4) is 0 Å². The molecule has 1 aromatic heterocycles. The number of carbonyl (C=O) groups excluding carboxylic acids is 2. The fourth-order valence-electron chi connectivity index (χ4n) is 0.613. The average molecular weight is 184 g/mol. The van der Waals surface area contributed by atoms with E-state index in [9.17, 15) is 9.59 Å². The molecule has 0 aliphatic heterocycles. The van der Waals surface area contributed by atoms with E-state index in [1.165, 1.54) is 12.4 Å². The van der Waals surface area contributed by atoms with Gasteiger partial charge in [0.2, 0.25) is 0 Å². The molecule has 2 amide bonds. The zero-order chi connectivity index (χ0) is 9.68. The molecule has 1 heterocycles. The molecule has 70 valence electrons. The number of carbonyl (C=O) groups is 2. The van der Waals surface area contributed by atoms with Crippen molar-refractivity contribution in [1.82, 2.24) is 21.0 Å². The van der Waals surface area contributed by atoms with Gasteiger partial charge in [-0.25, -0.2) is 0 Å². The number of H-pyrrole nitrogens is 1. The Hall–Kier alpha value is -1.89. The van der Waals surface area contributed by atoms with Crippen molar-refractivity contribution in [3.8, 4) is 0 Å². The average Bonchev–Trinajstić information content (AvgIpc) is 2.66. The van der Waals surface area contributed by atoms with E-state index in [0.29, 0.717) is 5.56 Å². The lowest BCUT2D eigenvalue weighted by Crippen LogP contribution is -2.42. The molecule has 0 unspecified atom stereocenters. The highest BCUT2D eigenvalue weighted by molar-refractivity contribution is 5.94. The van der Waals surface area contributed by atoms with Gasteiger partial charge in [-0.2, -0.15) is 5.10 Å². The van der Waals surface area contributed by atoms with Gasteiger partial charge in [-0.3, -0.25) is 25.5 Å². The SMILES string of the molecule is O=C(CO)NNC(=O)c1cn[nH]c1. The van der Waals surface area contributed by atoms with Crippen LogP contribution in [0.15, 0.2) is 12.4 Å². The molecule has 0 fully saturated rings. The maximum atomic E-state index is 11.1. The summed E-state index contributed by atoms with van der Waals surface area (Å²) in [4.78, 5) is 21.5. The summed E-state index contributed by atoms with van der Waals surface area (Å²) in [5.74, 6) is -1.19. The first-order chi connectivity index (χ1) is 6.24. The van der Waals surface area contributed by atoms with Crippen LogP contribution >= 0.6 is 0 Å². The van der Waals surface area contributed by atoms with Crippen LogP contribution in [-0.4, -0.2) is 33.7 Å². The molecular formula is C6H8N4O3. The van der Waals surface area contributed by atoms with Crippen LogP contribution in [0.4, 0.5) is 0 Å². The lowest BCUT2D eigenvalue weighted by molar-refractivity contribution is -0.124.